The summed E-state index contributed by atoms with van der Waals surface area (Å²) >= 11 is 1.81. The van der Waals surface area contributed by atoms with Crippen molar-refractivity contribution in [3.63, 3.8) is 0 Å². The van der Waals surface area contributed by atoms with Gasteiger partial charge in [-0.1, -0.05) is 11.2 Å². The van der Waals surface area contributed by atoms with Crippen molar-refractivity contribution in [3.8, 4) is 17.1 Å². The van der Waals surface area contributed by atoms with Crippen molar-refractivity contribution in [2.75, 3.05) is 26.3 Å². The van der Waals surface area contributed by atoms with Gasteiger partial charge in [-0.2, -0.15) is 4.98 Å². The second-order valence-corrected chi connectivity index (χ2v) is 8.41. The minimum Gasteiger partial charge on any atom is -0.488 e. The van der Waals surface area contributed by atoms with Gasteiger partial charge in [-0.25, -0.2) is 0 Å². The third kappa shape index (κ3) is 3.97. The SMILES string of the molecule is c1csc(CN2CC(Oc3ccc(-c4noc(C5CCOCC5)n4)cc3)C2)c1. The van der Waals surface area contributed by atoms with E-state index >= 15 is 0 Å². The Bertz CT molecular complexity index is 882. The van der Waals surface area contributed by atoms with Gasteiger partial charge < -0.3 is 14.0 Å². The quantitative estimate of drug-likeness (QED) is 0.628. The Balaban J connectivity index is 1.15. The minimum atomic E-state index is 0.260. The molecule has 0 aliphatic carbocycles. The number of benzene rings is 1. The molecule has 0 spiro atoms. The molecule has 0 saturated carbocycles. The average molecular weight is 398 g/mol. The lowest BCUT2D eigenvalue weighted by atomic mass is 10.0. The summed E-state index contributed by atoms with van der Waals surface area (Å²) in [6.45, 7) is 4.49. The summed E-state index contributed by atoms with van der Waals surface area (Å²) < 4.78 is 17.0. The Morgan fingerprint density at radius 3 is 2.68 bits per heavy atom. The van der Waals surface area contributed by atoms with Gasteiger partial charge >= 0.3 is 0 Å². The first-order valence-corrected chi connectivity index (χ1v) is 10.6. The Morgan fingerprint density at radius 2 is 1.93 bits per heavy atom. The number of nitrogens with zero attached hydrogens (tertiary/aromatic N) is 3. The molecule has 2 fully saturated rings. The summed E-state index contributed by atoms with van der Waals surface area (Å²) in [5.41, 5.74) is 0.947. The van der Waals surface area contributed by atoms with Crippen molar-refractivity contribution in [1.82, 2.24) is 15.0 Å². The standard InChI is InChI=1S/C21H23N3O3S/c1-2-19(28-11-1)14-24-12-18(13-24)26-17-5-3-15(4-6-17)20-22-21(27-23-20)16-7-9-25-10-8-16/h1-6,11,16,18H,7-10,12-14H2. The molecule has 6 nitrogen and oxygen atoms in total. The van der Waals surface area contributed by atoms with Crippen molar-refractivity contribution < 1.29 is 14.0 Å². The van der Waals surface area contributed by atoms with Crippen molar-refractivity contribution >= 4 is 11.3 Å². The molecular formula is C21H23N3O3S. The first kappa shape index (κ1) is 17.8. The van der Waals surface area contributed by atoms with E-state index in [9.17, 15) is 0 Å². The molecule has 3 aromatic rings. The van der Waals surface area contributed by atoms with E-state index in [1.54, 1.807) is 0 Å². The zero-order chi connectivity index (χ0) is 18.8. The summed E-state index contributed by atoms with van der Waals surface area (Å²) in [6, 6.07) is 12.3. The summed E-state index contributed by atoms with van der Waals surface area (Å²) in [7, 11) is 0. The van der Waals surface area contributed by atoms with Crippen LogP contribution in [0.5, 0.6) is 5.75 Å². The van der Waals surface area contributed by atoms with Crippen LogP contribution < -0.4 is 4.74 Å². The number of ether oxygens (including phenoxy) is 2. The van der Waals surface area contributed by atoms with Crippen LogP contribution in [0.2, 0.25) is 0 Å². The zero-order valence-corrected chi connectivity index (χ0v) is 16.4. The van der Waals surface area contributed by atoms with Crippen LogP contribution in [-0.2, 0) is 11.3 Å². The molecule has 0 radical (unpaired) electrons. The van der Waals surface area contributed by atoms with E-state index in [1.165, 1.54) is 4.88 Å². The molecule has 4 heterocycles. The predicted molar refractivity (Wildman–Crippen MR) is 107 cm³/mol. The van der Waals surface area contributed by atoms with Crippen LogP contribution in [0.15, 0.2) is 46.3 Å². The molecule has 0 N–H and O–H groups in total. The maximum absolute atomic E-state index is 6.07. The smallest absolute Gasteiger partial charge is 0.230 e. The van der Waals surface area contributed by atoms with Crippen LogP contribution in [0, 0.1) is 0 Å². The molecule has 0 amide bonds. The van der Waals surface area contributed by atoms with E-state index < -0.39 is 0 Å². The molecular weight excluding hydrogens is 374 g/mol. The number of hydrogen-bond donors (Lipinski definition) is 0. The molecule has 0 atom stereocenters. The maximum Gasteiger partial charge on any atom is 0.230 e. The molecule has 2 aliphatic heterocycles. The average Bonchev–Trinajstić information content (AvgIpc) is 3.40. The van der Waals surface area contributed by atoms with Crippen molar-refractivity contribution in [2.24, 2.45) is 0 Å². The van der Waals surface area contributed by atoms with Gasteiger partial charge in [0.15, 0.2) is 0 Å². The van der Waals surface area contributed by atoms with Gasteiger partial charge in [0.2, 0.25) is 11.7 Å². The lowest BCUT2D eigenvalue weighted by Gasteiger charge is -2.38. The normalized spacial score (nSPS) is 18.9. The highest BCUT2D eigenvalue weighted by molar-refractivity contribution is 7.09. The van der Waals surface area contributed by atoms with Crippen LogP contribution in [0.1, 0.15) is 29.5 Å². The van der Waals surface area contributed by atoms with Gasteiger partial charge in [0.1, 0.15) is 11.9 Å². The van der Waals surface area contributed by atoms with Gasteiger partial charge in [-0.15, -0.1) is 11.3 Å². The van der Waals surface area contributed by atoms with Gasteiger partial charge in [0, 0.05) is 49.2 Å². The molecule has 7 heteroatoms. The second-order valence-electron chi connectivity index (χ2n) is 7.38. The number of likely N-dealkylation sites (tertiary alicyclic amines) is 1. The van der Waals surface area contributed by atoms with Crippen LogP contribution in [0.4, 0.5) is 0 Å². The topological polar surface area (TPSA) is 60.6 Å². The van der Waals surface area contributed by atoms with E-state index in [0.29, 0.717) is 11.7 Å². The third-order valence-corrected chi connectivity index (χ3v) is 6.17. The van der Waals surface area contributed by atoms with Crippen LogP contribution >= 0.6 is 11.3 Å². The van der Waals surface area contributed by atoms with Gasteiger partial charge in [0.25, 0.3) is 0 Å². The van der Waals surface area contributed by atoms with E-state index in [0.717, 1.165) is 62.9 Å². The molecule has 2 saturated heterocycles. The Morgan fingerprint density at radius 1 is 1.11 bits per heavy atom. The van der Waals surface area contributed by atoms with Gasteiger partial charge in [-0.05, 0) is 48.6 Å². The zero-order valence-electron chi connectivity index (χ0n) is 15.6. The molecule has 2 aromatic heterocycles. The maximum atomic E-state index is 6.07. The number of thiophene rings is 1. The Hall–Kier alpha value is -2.22. The fraction of sp³-hybridized carbons (Fsp3) is 0.429. The fourth-order valence-corrected chi connectivity index (χ4v) is 4.43. The minimum absolute atomic E-state index is 0.260. The number of hydrogen-bond acceptors (Lipinski definition) is 7. The number of rotatable bonds is 6. The molecule has 0 unspecified atom stereocenters. The second kappa shape index (κ2) is 8.03. The van der Waals surface area contributed by atoms with E-state index in [-0.39, 0.29) is 6.10 Å². The highest BCUT2D eigenvalue weighted by atomic mass is 32.1. The van der Waals surface area contributed by atoms with Gasteiger partial charge in [-0.3, -0.25) is 4.90 Å². The summed E-state index contributed by atoms with van der Waals surface area (Å²) in [6.07, 6.45) is 2.15. The summed E-state index contributed by atoms with van der Waals surface area (Å²) in [5, 5.41) is 6.28. The lowest BCUT2D eigenvalue weighted by molar-refractivity contribution is 0.0152. The molecule has 146 valence electrons. The van der Waals surface area contributed by atoms with Crippen molar-refractivity contribution in [2.45, 2.75) is 31.4 Å². The largest absolute Gasteiger partial charge is 0.488 e. The monoisotopic (exact) mass is 397 g/mol. The highest BCUT2D eigenvalue weighted by Crippen LogP contribution is 2.28. The lowest BCUT2D eigenvalue weighted by Crippen LogP contribution is -2.52. The van der Waals surface area contributed by atoms with Crippen LogP contribution in [-0.4, -0.2) is 47.4 Å². The molecule has 2 aliphatic rings. The van der Waals surface area contributed by atoms with E-state index in [4.69, 9.17) is 14.0 Å². The van der Waals surface area contributed by atoms with E-state index in [2.05, 4.69) is 32.6 Å². The third-order valence-electron chi connectivity index (χ3n) is 5.31. The Kier molecular flexibility index (Phi) is 5.12. The number of aromatic nitrogens is 2. The molecule has 28 heavy (non-hydrogen) atoms. The van der Waals surface area contributed by atoms with Crippen LogP contribution in [0.25, 0.3) is 11.4 Å². The van der Waals surface area contributed by atoms with Crippen LogP contribution in [0.3, 0.4) is 0 Å². The van der Waals surface area contributed by atoms with Gasteiger partial charge in [0.05, 0.1) is 0 Å². The fourth-order valence-electron chi connectivity index (χ4n) is 3.69. The molecule has 0 bridgehead atoms. The molecule has 5 rings (SSSR count). The van der Waals surface area contributed by atoms with Crippen molar-refractivity contribution in [1.29, 1.82) is 0 Å². The first-order valence-electron chi connectivity index (χ1n) is 9.77. The summed E-state index contributed by atoms with van der Waals surface area (Å²) in [5.74, 6) is 2.56. The first-order chi connectivity index (χ1) is 13.8. The van der Waals surface area contributed by atoms with E-state index in [1.807, 2.05) is 35.6 Å². The predicted octanol–water partition coefficient (Wildman–Crippen LogP) is 3.96. The Labute approximate surface area is 168 Å². The summed E-state index contributed by atoms with van der Waals surface area (Å²) in [4.78, 5) is 8.40. The van der Waals surface area contributed by atoms with Crippen molar-refractivity contribution in [3.05, 3.63) is 52.5 Å². The molecule has 1 aromatic carbocycles. The highest BCUT2D eigenvalue weighted by Gasteiger charge is 2.28.